The van der Waals surface area contributed by atoms with Crippen molar-refractivity contribution in [2.45, 2.75) is 39.7 Å². The molecular weight excluding hydrogens is 440 g/mol. The van der Waals surface area contributed by atoms with Crippen LogP contribution in [0, 0.1) is 20.8 Å². The van der Waals surface area contributed by atoms with E-state index in [-0.39, 0.29) is 30.7 Å². The fraction of sp³-hybridized carbons (Fsp3) is 0.375. The van der Waals surface area contributed by atoms with Crippen LogP contribution in [0.2, 0.25) is 0 Å². The SMILES string of the molecule is Cc1cc(OCC(=O)NC2CCN(c3cccnn3)CC2)c2c(C)c(C)c(=O)oc2c1.O=CO. The van der Waals surface area contributed by atoms with Gasteiger partial charge in [-0.3, -0.25) is 9.59 Å². The number of nitrogens with zero attached hydrogens (tertiary/aromatic N) is 3. The van der Waals surface area contributed by atoms with Crippen molar-refractivity contribution >= 4 is 29.2 Å². The van der Waals surface area contributed by atoms with Gasteiger partial charge < -0.3 is 24.5 Å². The predicted molar refractivity (Wildman–Crippen MR) is 126 cm³/mol. The highest BCUT2D eigenvalue weighted by Crippen LogP contribution is 2.30. The molecule has 1 aromatic carbocycles. The lowest BCUT2D eigenvalue weighted by Gasteiger charge is -2.32. The van der Waals surface area contributed by atoms with Gasteiger partial charge in [-0.15, -0.1) is 5.10 Å². The molecule has 180 valence electrons. The lowest BCUT2D eigenvalue weighted by atomic mass is 10.0. The minimum Gasteiger partial charge on any atom is -0.483 e. The highest BCUT2D eigenvalue weighted by molar-refractivity contribution is 5.88. The summed E-state index contributed by atoms with van der Waals surface area (Å²) in [7, 11) is 0. The largest absolute Gasteiger partial charge is 0.483 e. The Balaban J connectivity index is 0.00000103. The molecule has 0 atom stereocenters. The van der Waals surface area contributed by atoms with Gasteiger partial charge in [0, 0.05) is 30.9 Å². The van der Waals surface area contributed by atoms with E-state index in [0.717, 1.165) is 48.3 Å². The van der Waals surface area contributed by atoms with Crippen LogP contribution in [0.25, 0.3) is 11.0 Å². The molecule has 34 heavy (non-hydrogen) atoms. The van der Waals surface area contributed by atoms with Crippen LogP contribution in [0.1, 0.15) is 29.5 Å². The first-order chi connectivity index (χ1) is 16.3. The van der Waals surface area contributed by atoms with Gasteiger partial charge in [0.15, 0.2) is 12.4 Å². The molecular formula is C24H28N4O6. The predicted octanol–water partition coefficient (Wildman–Crippen LogP) is 2.37. The number of hydrogen-bond donors (Lipinski definition) is 2. The summed E-state index contributed by atoms with van der Waals surface area (Å²) < 4.78 is 11.3. The Hall–Kier alpha value is -3.95. The molecule has 0 radical (unpaired) electrons. The van der Waals surface area contributed by atoms with Crippen LogP contribution in [0.4, 0.5) is 5.82 Å². The van der Waals surface area contributed by atoms with E-state index in [4.69, 9.17) is 19.1 Å². The summed E-state index contributed by atoms with van der Waals surface area (Å²) in [5.74, 6) is 1.24. The molecule has 1 amide bonds. The molecule has 1 saturated heterocycles. The molecule has 1 aliphatic heterocycles. The Kier molecular flexibility index (Phi) is 8.18. The Labute approximate surface area is 196 Å². The van der Waals surface area contributed by atoms with Crippen molar-refractivity contribution in [3.8, 4) is 5.75 Å². The Bertz CT molecular complexity index is 1200. The number of piperidine rings is 1. The van der Waals surface area contributed by atoms with Crippen LogP contribution in [0.15, 0.2) is 39.7 Å². The number of aryl methyl sites for hydroxylation is 2. The molecule has 0 saturated carbocycles. The zero-order valence-corrected chi connectivity index (χ0v) is 19.4. The molecule has 10 nitrogen and oxygen atoms in total. The van der Waals surface area contributed by atoms with Gasteiger partial charge in [0.2, 0.25) is 0 Å². The van der Waals surface area contributed by atoms with Crippen LogP contribution in [-0.2, 0) is 9.59 Å². The fourth-order valence-electron chi connectivity index (χ4n) is 3.93. The summed E-state index contributed by atoms with van der Waals surface area (Å²) in [6.07, 6.45) is 3.32. The molecule has 0 unspecified atom stereocenters. The monoisotopic (exact) mass is 468 g/mol. The Morgan fingerprint density at radius 3 is 2.62 bits per heavy atom. The molecule has 0 aliphatic carbocycles. The topological polar surface area (TPSA) is 135 Å². The second-order valence-electron chi connectivity index (χ2n) is 8.08. The van der Waals surface area contributed by atoms with Gasteiger partial charge in [-0.25, -0.2) is 4.79 Å². The fourth-order valence-corrected chi connectivity index (χ4v) is 3.93. The van der Waals surface area contributed by atoms with Crippen LogP contribution >= 0.6 is 0 Å². The van der Waals surface area contributed by atoms with Crippen molar-refractivity contribution in [3.05, 3.63) is 57.6 Å². The van der Waals surface area contributed by atoms with Gasteiger partial charge in [0.05, 0.1) is 5.39 Å². The van der Waals surface area contributed by atoms with Gasteiger partial charge >= 0.3 is 5.63 Å². The number of hydrogen-bond acceptors (Lipinski definition) is 8. The molecule has 3 aromatic rings. The smallest absolute Gasteiger partial charge is 0.339 e. The van der Waals surface area contributed by atoms with Gasteiger partial charge in [0.25, 0.3) is 12.4 Å². The van der Waals surface area contributed by atoms with E-state index in [0.29, 0.717) is 16.9 Å². The van der Waals surface area contributed by atoms with Crippen molar-refractivity contribution in [3.63, 3.8) is 0 Å². The van der Waals surface area contributed by atoms with E-state index in [1.165, 1.54) is 0 Å². The number of fused-ring (bicyclic) bond motifs is 1. The zero-order valence-electron chi connectivity index (χ0n) is 19.4. The summed E-state index contributed by atoms with van der Waals surface area (Å²) in [5.41, 5.74) is 2.36. The number of ether oxygens (including phenoxy) is 1. The summed E-state index contributed by atoms with van der Waals surface area (Å²) in [5, 5.41) is 18.7. The molecule has 10 heteroatoms. The van der Waals surface area contributed by atoms with Gasteiger partial charge in [-0.05, 0) is 69.0 Å². The van der Waals surface area contributed by atoms with Crippen LogP contribution in [0.5, 0.6) is 5.75 Å². The molecule has 0 spiro atoms. The van der Waals surface area contributed by atoms with E-state index < -0.39 is 0 Å². The Morgan fingerprint density at radius 1 is 1.26 bits per heavy atom. The van der Waals surface area contributed by atoms with Crippen molar-refractivity contribution in [1.29, 1.82) is 0 Å². The summed E-state index contributed by atoms with van der Waals surface area (Å²) in [4.78, 5) is 35.0. The molecule has 0 bridgehead atoms. The quantitative estimate of drug-likeness (QED) is 0.427. The number of nitrogens with one attached hydrogen (secondary N) is 1. The van der Waals surface area contributed by atoms with Crippen LogP contribution in [-0.4, -0.2) is 53.4 Å². The standard InChI is InChI=1S/C23H26N4O4.CH2O2/c1-14-11-18(22-15(2)16(3)23(29)31-19(22)12-14)30-13-21(28)25-17-6-9-27(10-7-17)20-5-4-8-24-26-20;2-1-3/h4-5,8,11-12,17H,6-7,9-10,13H2,1-3H3,(H,25,28);1H,(H,2,3). The van der Waals surface area contributed by atoms with Crippen LogP contribution in [0.3, 0.4) is 0 Å². The minimum absolute atomic E-state index is 0.0967. The lowest BCUT2D eigenvalue weighted by molar-refractivity contribution is -0.124. The number of carbonyl (C=O) groups is 2. The zero-order chi connectivity index (χ0) is 24.7. The molecule has 1 aliphatic rings. The summed E-state index contributed by atoms with van der Waals surface area (Å²) in [6.45, 7) is 6.76. The van der Waals surface area contributed by atoms with Gasteiger partial charge in [-0.1, -0.05) is 0 Å². The number of carbonyl (C=O) groups excluding carboxylic acids is 1. The van der Waals surface area contributed by atoms with Crippen molar-refractivity contribution in [2.75, 3.05) is 24.6 Å². The maximum Gasteiger partial charge on any atom is 0.339 e. The van der Waals surface area contributed by atoms with E-state index in [9.17, 15) is 9.59 Å². The van der Waals surface area contributed by atoms with Crippen molar-refractivity contribution in [2.24, 2.45) is 0 Å². The molecule has 3 heterocycles. The highest BCUT2D eigenvalue weighted by atomic mass is 16.5. The normalized spacial score (nSPS) is 13.7. The first-order valence-electron chi connectivity index (χ1n) is 10.9. The molecule has 2 aromatic heterocycles. The first-order valence-corrected chi connectivity index (χ1v) is 10.9. The number of rotatable bonds is 5. The highest BCUT2D eigenvalue weighted by Gasteiger charge is 2.22. The number of anilines is 1. The van der Waals surface area contributed by atoms with E-state index in [1.807, 2.05) is 32.0 Å². The second kappa shape index (κ2) is 11.3. The lowest BCUT2D eigenvalue weighted by Crippen LogP contribution is -2.46. The number of carboxylic acid groups (broad SMARTS) is 1. The maximum absolute atomic E-state index is 12.5. The summed E-state index contributed by atoms with van der Waals surface area (Å²) in [6, 6.07) is 7.58. The number of aromatic nitrogens is 2. The maximum atomic E-state index is 12.5. The third-order valence-electron chi connectivity index (χ3n) is 5.76. The second-order valence-corrected chi connectivity index (χ2v) is 8.08. The average molecular weight is 469 g/mol. The van der Waals surface area contributed by atoms with Gasteiger partial charge in [-0.2, -0.15) is 5.10 Å². The number of benzene rings is 1. The first kappa shape index (κ1) is 24.7. The van der Waals surface area contributed by atoms with E-state index in [1.54, 1.807) is 19.2 Å². The Morgan fingerprint density at radius 2 is 1.97 bits per heavy atom. The van der Waals surface area contributed by atoms with Crippen molar-refractivity contribution in [1.82, 2.24) is 15.5 Å². The number of amides is 1. The van der Waals surface area contributed by atoms with Crippen molar-refractivity contribution < 1.29 is 23.8 Å². The molecule has 1 fully saturated rings. The van der Waals surface area contributed by atoms with Gasteiger partial charge in [0.1, 0.15) is 11.3 Å². The molecule has 2 N–H and O–H groups in total. The third kappa shape index (κ3) is 5.89. The third-order valence-corrected chi connectivity index (χ3v) is 5.76. The van der Waals surface area contributed by atoms with Crippen LogP contribution < -0.4 is 20.6 Å². The van der Waals surface area contributed by atoms with E-state index >= 15 is 0 Å². The average Bonchev–Trinajstić information content (AvgIpc) is 2.82. The minimum atomic E-state index is -0.355. The molecule has 4 rings (SSSR count). The van der Waals surface area contributed by atoms with E-state index in [2.05, 4.69) is 20.4 Å². The summed E-state index contributed by atoms with van der Waals surface area (Å²) >= 11 is 0.